The molecule has 0 bridgehead atoms. The largest absolute Gasteiger partial charge is 0.595 e. The Bertz CT molecular complexity index is 1230. The fourth-order valence-corrected chi connectivity index (χ4v) is 5.56. The molecule has 37 heavy (non-hydrogen) atoms. The van der Waals surface area contributed by atoms with Crippen LogP contribution in [0, 0.1) is 28.8 Å². The molecule has 0 spiro atoms. The van der Waals surface area contributed by atoms with Gasteiger partial charge in [0, 0.05) is 31.1 Å². The van der Waals surface area contributed by atoms with E-state index in [1.807, 2.05) is 6.92 Å². The van der Waals surface area contributed by atoms with Crippen LogP contribution in [-0.4, -0.2) is 37.3 Å². The van der Waals surface area contributed by atoms with Gasteiger partial charge in [0.15, 0.2) is 5.69 Å². The molecule has 2 atom stereocenters. The smallest absolute Gasteiger partial charge is 0.241 e. The number of aliphatic hydroxyl groups excluding tert-OH is 1. The van der Waals surface area contributed by atoms with Crippen molar-refractivity contribution in [2.24, 2.45) is 5.92 Å². The van der Waals surface area contributed by atoms with E-state index in [-0.39, 0.29) is 52.5 Å². The number of nitrogens with one attached hydrogen (secondary N) is 3. The fourth-order valence-electron chi connectivity index (χ4n) is 4.23. The zero-order chi connectivity index (χ0) is 27.0. The first-order valence-corrected chi connectivity index (χ1v) is 13.6. The zero-order valence-electron chi connectivity index (χ0n) is 20.5. The van der Waals surface area contributed by atoms with Crippen LogP contribution in [0.2, 0.25) is 0 Å². The van der Waals surface area contributed by atoms with Gasteiger partial charge in [-0.2, -0.15) is 5.23 Å². The first-order chi connectivity index (χ1) is 17.6. The minimum atomic E-state index is -3.98. The standard InChI is InChI=1S/C26H32FN3O6S/c1-18(19-6-11-22(27)12-7-19)28-26(32)21-8-13-23(14-9-21)29-37(35,36)24-15-10-20(5-3-2-4-16-31)25(17-24)30(33)34/h6-7,10-12,15,17-18,21,23,29-31,33H,2,4,8-9,13-14,16H2,1H3,(H,28,32)/t18-,21-,23-/m1/s1. The summed E-state index contributed by atoms with van der Waals surface area (Å²) in [7, 11) is -3.98. The molecular formula is C26H32FN3O6S. The number of sulfonamides is 1. The van der Waals surface area contributed by atoms with Gasteiger partial charge >= 0.3 is 0 Å². The topological polar surface area (TPSA) is 143 Å². The third kappa shape index (κ3) is 8.07. The minimum absolute atomic E-state index is 0.0228. The van der Waals surface area contributed by atoms with Gasteiger partial charge in [0.05, 0.1) is 16.5 Å². The predicted octanol–water partition coefficient (Wildman–Crippen LogP) is 2.07. The van der Waals surface area contributed by atoms with Gasteiger partial charge in [-0.3, -0.25) is 4.79 Å². The van der Waals surface area contributed by atoms with Crippen LogP contribution in [0.15, 0.2) is 47.4 Å². The van der Waals surface area contributed by atoms with Crippen LogP contribution in [-0.2, 0) is 14.8 Å². The number of hydrogen-bond acceptors (Lipinski definition) is 6. The minimum Gasteiger partial charge on any atom is -0.595 e. The van der Waals surface area contributed by atoms with Crippen LogP contribution in [0.3, 0.4) is 0 Å². The molecule has 0 saturated heterocycles. The monoisotopic (exact) mass is 533 g/mol. The molecule has 3 rings (SSSR count). The summed E-state index contributed by atoms with van der Waals surface area (Å²) in [5.74, 6) is 4.76. The number of aliphatic hydroxyl groups is 1. The number of rotatable bonds is 9. The van der Waals surface area contributed by atoms with E-state index < -0.39 is 15.2 Å². The number of hydrogen-bond donors (Lipinski definition) is 5. The number of unbranched alkanes of at least 4 members (excludes halogenated alkanes) is 1. The Kier molecular flexibility index (Phi) is 10.2. The molecule has 5 N–H and O–H groups in total. The highest BCUT2D eigenvalue weighted by Crippen LogP contribution is 2.27. The molecule has 1 fully saturated rings. The summed E-state index contributed by atoms with van der Waals surface area (Å²) in [6.45, 7) is 1.80. The van der Waals surface area contributed by atoms with Gasteiger partial charge < -0.3 is 15.6 Å². The number of benzene rings is 2. The molecular weight excluding hydrogens is 501 g/mol. The van der Waals surface area contributed by atoms with Crippen molar-refractivity contribution in [3.05, 3.63) is 64.6 Å². The van der Waals surface area contributed by atoms with E-state index in [0.29, 0.717) is 38.5 Å². The highest BCUT2D eigenvalue weighted by Gasteiger charge is 2.30. The molecule has 9 nitrogen and oxygen atoms in total. The molecule has 0 aliphatic heterocycles. The van der Waals surface area contributed by atoms with E-state index in [0.717, 1.165) is 11.6 Å². The number of quaternary nitrogens is 1. The molecule has 1 aliphatic carbocycles. The lowest BCUT2D eigenvalue weighted by atomic mass is 9.85. The highest BCUT2D eigenvalue weighted by atomic mass is 32.2. The number of amides is 1. The van der Waals surface area contributed by atoms with Crippen LogP contribution >= 0.6 is 0 Å². The maximum absolute atomic E-state index is 13.1. The van der Waals surface area contributed by atoms with Crippen LogP contribution < -0.4 is 15.3 Å². The fraction of sp³-hybridized carbons (Fsp3) is 0.423. The van der Waals surface area contributed by atoms with Crippen molar-refractivity contribution in [1.29, 1.82) is 0 Å². The van der Waals surface area contributed by atoms with E-state index in [1.165, 1.54) is 24.3 Å². The Morgan fingerprint density at radius 1 is 1.19 bits per heavy atom. The lowest BCUT2D eigenvalue weighted by Gasteiger charge is -2.29. The summed E-state index contributed by atoms with van der Waals surface area (Å²) in [6, 6.07) is 9.05. The SMILES string of the molecule is C[C@@H](NC(=O)[C@H]1CC[C@H](NS(=O)(=O)c2ccc(C#CCCCO)c([NH+]([O-])O)c2)CC1)c1ccc(F)cc1. The third-order valence-corrected chi connectivity index (χ3v) is 7.88. The van der Waals surface area contributed by atoms with Gasteiger partial charge in [-0.25, -0.2) is 22.7 Å². The van der Waals surface area contributed by atoms with Gasteiger partial charge in [-0.1, -0.05) is 24.0 Å². The Balaban J connectivity index is 1.58. The number of carbonyl (C=O) groups excluding carboxylic acids is 1. The lowest BCUT2D eigenvalue weighted by molar-refractivity contribution is -0.991. The second-order valence-electron chi connectivity index (χ2n) is 9.09. The van der Waals surface area contributed by atoms with Crippen molar-refractivity contribution in [3.8, 4) is 11.8 Å². The second-order valence-corrected chi connectivity index (χ2v) is 10.8. The Morgan fingerprint density at radius 3 is 2.49 bits per heavy atom. The molecule has 1 amide bonds. The van der Waals surface area contributed by atoms with Crippen molar-refractivity contribution in [3.63, 3.8) is 0 Å². The van der Waals surface area contributed by atoms with Crippen molar-refractivity contribution < 1.29 is 33.1 Å². The van der Waals surface area contributed by atoms with Crippen LogP contribution in [0.25, 0.3) is 0 Å². The van der Waals surface area contributed by atoms with Gasteiger partial charge in [-0.15, -0.1) is 0 Å². The van der Waals surface area contributed by atoms with E-state index in [4.69, 9.17) is 5.11 Å². The average Bonchev–Trinajstić information content (AvgIpc) is 2.87. The van der Waals surface area contributed by atoms with E-state index in [2.05, 4.69) is 21.9 Å². The molecule has 2 aromatic rings. The normalized spacial score (nSPS) is 19.4. The molecule has 11 heteroatoms. The van der Waals surface area contributed by atoms with Gasteiger partial charge in [-0.05, 0) is 68.9 Å². The summed E-state index contributed by atoms with van der Waals surface area (Å²) in [6.07, 6.45) is 2.77. The van der Waals surface area contributed by atoms with Crippen molar-refractivity contribution in [2.45, 2.75) is 62.4 Å². The molecule has 200 valence electrons. The summed E-state index contributed by atoms with van der Waals surface area (Å²) < 4.78 is 41.7. The summed E-state index contributed by atoms with van der Waals surface area (Å²) in [4.78, 5) is 12.5. The molecule has 1 unspecified atom stereocenters. The Morgan fingerprint density at radius 2 is 1.86 bits per heavy atom. The van der Waals surface area contributed by atoms with Crippen molar-refractivity contribution >= 4 is 21.6 Å². The van der Waals surface area contributed by atoms with E-state index in [9.17, 15) is 28.0 Å². The maximum Gasteiger partial charge on any atom is 0.241 e. The summed E-state index contributed by atoms with van der Waals surface area (Å²) >= 11 is 0. The Labute approximate surface area is 216 Å². The number of carbonyl (C=O) groups is 1. The maximum atomic E-state index is 13.1. The molecule has 0 heterocycles. The lowest BCUT2D eigenvalue weighted by Crippen LogP contribution is -2.99. The third-order valence-electron chi connectivity index (χ3n) is 6.36. The molecule has 1 aliphatic rings. The first kappa shape index (κ1) is 28.7. The van der Waals surface area contributed by atoms with Gasteiger partial charge in [0.2, 0.25) is 15.9 Å². The quantitative estimate of drug-likeness (QED) is 0.190. The van der Waals surface area contributed by atoms with Crippen LogP contribution in [0.5, 0.6) is 0 Å². The van der Waals surface area contributed by atoms with Gasteiger partial charge in [0.1, 0.15) is 5.82 Å². The summed E-state index contributed by atoms with van der Waals surface area (Å²) in [5, 5.41) is 31.7. The second kappa shape index (κ2) is 13.1. The Hall–Kier alpha value is -2.85. The highest BCUT2D eigenvalue weighted by molar-refractivity contribution is 7.89. The van der Waals surface area contributed by atoms with Crippen molar-refractivity contribution in [2.75, 3.05) is 6.61 Å². The zero-order valence-corrected chi connectivity index (χ0v) is 21.4. The van der Waals surface area contributed by atoms with Gasteiger partial charge in [0.25, 0.3) is 0 Å². The predicted molar refractivity (Wildman–Crippen MR) is 134 cm³/mol. The van der Waals surface area contributed by atoms with Crippen molar-refractivity contribution in [1.82, 2.24) is 10.0 Å². The first-order valence-electron chi connectivity index (χ1n) is 12.2. The number of halogens is 1. The van der Waals surface area contributed by atoms with Crippen LogP contribution in [0.1, 0.15) is 62.6 Å². The molecule has 2 aromatic carbocycles. The molecule has 0 aromatic heterocycles. The van der Waals surface area contributed by atoms with E-state index >= 15 is 0 Å². The van der Waals surface area contributed by atoms with E-state index in [1.54, 1.807) is 12.1 Å². The van der Waals surface area contributed by atoms with Crippen LogP contribution in [0.4, 0.5) is 10.1 Å². The molecule has 1 saturated carbocycles. The average molecular weight is 534 g/mol. The summed E-state index contributed by atoms with van der Waals surface area (Å²) in [5.41, 5.74) is 0.778. The molecule has 0 radical (unpaired) electrons.